The molecule has 2 amide bonds. The monoisotopic (exact) mass is 460 g/mol. The Bertz CT molecular complexity index is 1170. The summed E-state index contributed by atoms with van der Waals surface area (Å²) < 4.78 is 5.50. The van der Waals surface area contributed by atoms with Crippen LogP contribution in [-0.4, -0.2) is 24.7 Å². The number of nitrogens with one attached hydrogen (secondary N) is 1. The third-order valence-corrected chi connectivity index (χ3v) is 6.89. The van der Waals surface area contributed by atoms with Crippen molar-refractivity contribution in [2.75, 3.05) is 23.1 Å². The average Bonchev–Trinajstić information content (AvgIpc) is 3.19. The summed E-state index contributed by atoms with van der Waals surface area (Å²) >= 11 is 1.54. The van der Waals surface area contributed by atoms with Crippen LogP contribution in [0.5, 0.6) is 5.75 Å². The average molecular weight is 461 g/mol. The summed E-state index contributed by atoms with van der Waals surface area (Å²) in [4.78, 5) is 27.7. The van der Waals surface area contributed by atoms with Gasteiger partial charge >= 0.3 is 0 Å². The van der Waals surface area contributed by atoms with E-state index < -0.39 is 0 Å². The molecule has 0 unspecified atom stereocenters. The van der Waals surface area contributed by atoms with Crippen LogP contribution in [0.1, 0.15) is 47.6 Å². The van der Waals surface area contributed by atoms with Crippen molar-refractivity contribution in [1.29, 1.82) is 0 Å². The maximum Gasteiger partial charge on any atom is 0.255 e. The summed E-state index contributed by atoms with van der Waals surface area (Å²) in [5.74, 6) is 0.826. The first-order valence-electron chi connectivity index (χ1n) is 10.9. The molecule has 1 aliphatic rings. The zero-order valence-corrected chi connectivity index (χ0v) is 20.1. The molecule has 1 aliphatic heterocycles. The van der Waals surface area contributed by atoms with Gasteiger partial charge in [-0.15, -0.1) is 11.8 Å². The number of thioether (sulfide) groups is 1. The molecular formula is C27H28N2O3S. The molecule has 0 bridgehead atoms. The standard InChI is InChI=1S/C27H28N2O3S/c1-27(2,3)19-15-13-18(14-16-19)25(31)28-21-10-6-5-9-20(21)26-29(24(30)17-33-26)22-11-7-8-12-23(22)32-4/h5-16,26H,17H2,1-4H3,(H,28,31)/t26-/m1/s1. The zero-order chi connectivity index (χ0) is 23.6. The SMILES string of the molecule is COc1ccccc1N1C(=O)CS[C@@H]1c1ccccc1NC(=O)c1ccc(C(C)(C)C)cc1. The molecule has 1 heterocycles. The van der Waals surface area contributed by atoms with Crippen LogP contribution in [0, 0.1) is 0 Å². The molecule has 5 nitrogen and oxygen atoms in total. The van der Waals surface area contributed by atoms with Crippen molar-refractivity contribution in [3.05, 3.63) is 89.5 Å². The molecule has 33 heavy (non-hydrogen) atoms. The Hall–Kier alpha value is -3.25. The second-order valence-corrected chi connectivity index (χ2v) is 10.0. The number of hydrogen-bond donors (Lipinski definition) is 1. The highest BCUT2D eigenvalue weighted by Crippen LogP contribution is 2.46. The van der Waals surface area contributed by atoms with Crippen molar-refractivity contribution in [3.8, 4) is 5.75 Å². The molecule has 0 aromatic heterocycles. The van der Waals surface area contributed by atoms with E-state index in [2.05, 4.69) is 26.1 Å². The maximum atomic E-state index is 13.0. The van der Waals surface area contributed by atoms with Crippen molar-refractivity contribution >= 4 is 35.0 Å². The second kappa shape index (κ2) is 9.32. The summed E-state index contributed by atoms with van der Waals surface area (Å²) in [6.45, 7) is 6.44. The molecule has 1 atom stereocenters. The Morgan fingerprint density at radius 1 is 1.00 bits per heavy atom. The molecule has 3 aromatic carbocycles. The van der Waals surface area contributed by atoms with E-state index in [1.165, 1.54) is 17.3 Å². The molecule has 0 aliphatic carbocycles. The van der Waals surface area contributed by atoms with E-state index in [1.54, 1.807) is 12.0 Å². The van der Waals surface area contributed by atoms with Crippen molar-refractivity contribution in [3.63, 3.8) is 0 Å². The smallest absolute Gasteiger partial charge is 0.255 e. The van der Waals surface area contributed by atoms with Crippen LogP contribution in [0.4, 0.5) is 11.4 Å². The van der Waals surface area contributed by atoms with E-state index in [1.807, 2.05) is 72.8 Å². The van der Waals surface area contributed by atoms with Gasteiger partial charge in [0.1, 0.15) is 11.1 Å². The fourth-order valence-corrected chi connectivity index (χ4v) is 5.09. The lowest BCUT2D eigenvalue weighted by atomic mass is 9.86. The molecule has 6 heteroatoms. The van der Waals surface area contributed by atoms with Crippen molar-refractivity contribution in [1.82, 2.24) is 0 Å². The van der Waals surface area contributed by atoms with E-state index in [0.29, 0.717) is 22.8 Å². The lowest BCUT2D eigenvalue weighted by Gasteiger charge is -2.27. The minimum atomic E-state index is -0.270. The number of anilines is 2. The Morgan fingerprint density at radius 2 is 1.67 bits per heavy atom. The number of nitrogens with zero attached hydrogens (tertiary/aromatic N) is 1. The molecule has 0 radical (unpaired) electrons. The lowest BCUT2D eigenvalue weighted by Crippen LogP contribution is -2.29. The maximum absolute atomic E-state index is 13.0. The Labute approximate surface area is 199 Å². The number of benzene rings is 3. The van der Waals surface area contributed by atoms with Crippen molar-refractivity contribution < 1.29 is 14.3 Å². The van der Waals surface area contributed by atoms with Crippen LogP contribution in [0.25, 0.3) is 0 Å². The number of carbonyl (C=O) groups is 2. The van der Waals surface area contributed by atoms with Crippen LogP contribution in [0.3, 0.4) is 0 Å². The lowest BCUT2D eigenvalue weighted by molar-refractivity contribution is -0.115. The van der Waals surface area contributed by atoms with Gasteiger partial charge in [0.25, 0.3) is 5.91 Å². The van der Waals surface area contributed by atoms with Gasteiger partial charge in [0.15, 0.2) is 0 Å². The van der Waals surface area contributed by atoms with E-state index in [0.717, 1.165) is 11.3 Å². The topological polar surface area (TPSA) is 58.6 Å². The third-order valence-electron chi connectivity index (χ3n) is 5.70. The van der Waals surface area contributed by atoms with Crippen molar-refractivity contribution in [2.45, 2.75) is 31.6 Å². The fraction of sp³-hybridized carbons (Fsp3) is 0.259. The fourth-order valence-electron chi connectivity index (χ4n) is 3.89. The second-order valence-electron chi connectivity index (χ2n) is 8.97. The summed E-state index contributed by atoms with van der Waals surface area (Å²) in [6, 6.07) is 22.8. The van der Waals surface area contributed by atoms with Gasteiger partial charge in [0.2, 0.25) is 5.91 Å². The number of carbonyl (C=O) groups excluding carboxylic acids is 2. The third kappa shape index (κ3) is 4.76. The molecule has 4 rings (SSSR count). The van der Waals surface area contributed by atoms with Crippen LogP contribution in [0.2, 0.25) is 0 Å². The minimum Gasteiger partial charge on any atom is -0.495 e. The van der Waals surface area contributed by atoms with Gasteiger partial charge in [0, 0.05) is 16.8 Å². The van der Waals surface area contributed by atoms with E-state index in [9.17, 15) is 9.59 Å². The number of para-hydroxylation sites is 3. The van der Waals surface area contributed by atoms with Gasteiger partial charge < -0.3 is 10.1 Å². The summed E-state index contributed by atoms with van der Waals surface area (Å²) in [5, 5.41) is 2.79. The number of ether oxygens (including phenoxy) is 1. The molecule has 1 N–H and O–H groups in total. The predicted molar refractivity (Wildman–Crippen MR) is 135 cm³/mol. The minimum absolute atomic E-state index is 0.00778. The highest BCUT2D eigenvalue weighted by atomic mass is 32.2. The largest absolute Gasteiger partial charge is 0.495 e. The first-order valence-corrected chi connectivity index (χ1v) is 11.9. The summed E-state index contributed by atoms with van der Waals surface area (Å²) in [6.07, 6.45) is 0. The molecular weight excluding hydrogens is 432 g/mol. The molecule has 3 aromatic rings. The van der Waals surface area contributed by atoms with Gasteiger partial charge in [-0.2, -0.15) is 0 Å². The van der Waals surface area contributed by atoms with Crippen LogP contribution < -0.4 is 15.0 Å². The zero-order valence-electron chi connectivity index (χ0n) is 19.3. The van der Waals surface area contributed by atoms with E-state index in [-0.39, 0.29) is 22.6 Å². The Morgan fingerprint density at radius 3 is 2.36 bits per heavy atom. The van der Waals surface area contributed by atoms with E-state index >= 15 is 0 Å². The normalized spacial score (nSPS) is 16.1. The Balaban J connectivity index is 1.63. The number of hydrogen-bond acceptors (Lipinski definition) is 4. The first-order chi connectivity index (χ1) is 15.8. The van der Waals surface area contributed by atoms with Gasteiger partial charge in [-0.3, -0.25) is 14.5 Å². The first kappa shape index (κ1) is 22.9. The highest BCUT2D eigenvalue weighted by Gasteiger charge is 2.36. The van der Waals surface area contributed by atoms with Crippen LogP contribution in [0.15, 0.2) is 72.8 Å². The molecule has 1 fully saturated rings. The number of amides is 2. The van der Waals surface area contributed by atoms with Gasteiger partial charge in [0.05, 0.1) is 18.6 Å². The van der Waals surface area contributed by atoms with Gasteiger partial charge in [-0.05, 0) is 41.3 Å². The Kier molecular flexibility index (Phi) is 6.47. The predicted octanol–water partition coefficient (Wildman–Crippen LogP) is 6.02. The molecule has 0 spiro atoms. The molecule has 0 saturated carbocycles. The van der Waals surface area contributed by atoms with Crippen LogP contribution in [-0.2, 0) is 10.2 Å². The molecule has 1 saturated heterocycles. The molecule has 170 valence electrons. The van der Waals surface area contributed by atoms with Gasteiger partial charge in [-0.25, -0.2) is 0 Å². The quantitative estimate of drug-likeness (QED) is 0.506. The van der Waals surface area contributed by atoms with Crippen LogP contribution >= 0.6 is 11.8 Å². The summed E-state index contributed by atoms with van der Waals surface area (Å²) in [5.41, 5.74) is 4.07. The number of rotatable bonds is 5. The van der Waals surface area contributed by atoms with Crippen molar-refractivity contribution in [2.24, 2.45) is 0 Å². The summed E-state index contributed by atoms with van der Waals surface area (Å²) in [7, 11) is 1.60. The highest BCUT2D eigenvalue weighted by molar-refractivity contribution is 8.00. The van der Waals surface area contributed by atoms with Gasteiger partial charge in [-0.1, -0.05) is 63.2 Å². The number of methoxy groups -OCH3 is 1. The van der Waals surface area contributed by atoms with E-state index in [4.69, 9.17) is 4.74 Å².